The predicted molar refractivity (Wildman–Crippen MR) is 88.3 cm³/mol. The number of benzene rings is 1. The van der Waals surface area contributed by atoms with Crippen molar-refractivity contribution in [3.63, 3.8) is 0 Å². The monoisotopic (exact) mass is 337 g/mol. The summed E-state index contributed by atoms with van der Waals surface area (Å²) in [4.78, 5) is 37.2. The average molecular weight is 338 g/mol. The first-order valence-corrected chi connectivity index (χ1v) is 7.84. The van der Waals surface area contributed by atoms with Crippen LogP contribution in [0.5, 0.6) is 0 Å². The van der Waals surface area contributed by atoms with Crippen LogP contribution in [-0.4, -0.2) is 35.3 Å². The summed E-state index contributed by atoms with van der Waals surface area (Å²) < 4.78 is 0. The molecule has 1 aromatic carbocycles. The molecule has 6 nitrogen and oxygen atoms in total. The first kappa shape index (κ1) is 17.3. The van der Waals surface area contributed by atoms with E-state index in [2.05, 4.69) is 10.6 Å². The lowest BCUT2D eigenvalue weighted by atomic mass is 10.0. The van der Waals surface area contributed by atoms with Crippen LogP contribution in [0.25, 0.3) is 0 Å². The highest BCUT2D eigenvalue weighted by atomic mass is 35.5. The van der Waals surface area contributed by atoms with Gasteiger partial charge in [0, 0.05) is 10.7 Å². The minimum absolute atomic E-state index is 0.270. The van der Waals surface area contributed by atoms with Crippen LogP contribution in [0.3, 0.4) is 0 Å². The van der Waals surface area contributed by atoms with Gasteiger partial charge in [0.15, 0.2) is 0 Å². The molecule has 0 unspecified atom stereocenters. The molecule has 4 amide bonds. The first-order chi connectivity index (χ1) is 10.8. The molecular formula is C16H20ClN3O3. The van der Waals surface area contributed by atoms with E-state index in [4.69, 9.17) is 11.6 Å². The Morgan fingerprint density at radius 1 is 1.39 bits per heavy atom. The van der Waals surface area contributed by atoms with Crippen molar-refractivity contribution in [3.05, 3.63) is 28.8 Å². The van der Waals surface area contributed by atoms with Crippen molar-refractivity contribution in [2.24, 2.45) is 5.92 Å². The van der Waals surface area contributed by atoms with Gasteiger partial charge in [-0.15, -0.1) is 0 Å². The zero-order valence-corrected chi connectivity index (χ0v) is 14.1. The zero-order chi connectivity index (χ0) is 17.1. The highest BCUT2D eigenvalue weighted by molar-refractivity contribution is 6.31. The van der Waals surface area contributed by atoms with Crippen molar-refractivity contribution in [1.82, 2.24) is 10.2 Å². The Kier molecular flexibility index (Phi) is 5.26. The third kappa shape index (κ3) is 4.01. The molecule has 0 aromatic heterocycles. The second-order valence-electron chi connectivity index (χ2n) is 6.02. The van der Waals surface area contributed by atoms with Crippen molar-refractivity contribution in [1.29, 1.82) is 0 Å². The Hall–Kier alpha value is -2.08. The number of rotatable bonds is 5. The highest BCUT2D eigenvalue weighted by Crippen LogP contribution is 2.23. The molecule has 2 N–H and O–H groups in total. The summed E-state index contributed by atoms with van der Waals surface area (Å²) in [6.07, 6.45) is 0.552. The minimum Gasteiger partial charge on any atom is -0.326 e. The van der Waals surface area contributed by atoms with Crippen LogP contribution in [0.4, 0.5) is 10.5 Å². The number of imide groups is 1. The topological polar surface area (TPSA) is 78.5 Å². The number of nitrogens with zero attached hydrogens (tertiary/aromatic N) is 1. The lowest BCUT2D eigenvalue weighted by Gasteiger charge is -2.15. The summed E-state index contributed by atoms with van der Waals surface area (Å²) >= 11 is 6.00. The van der Waals surface area contributed by atoms with E-state index in [0.717, 1.165) is 10.5 Å². The zero-order valence-electron chi connectivity index (χ0n) is 13.4. The van der Waals surface area contributed by atoms with Gasteiger partial charge in [-0.2, -0.15) is 0 Å². The molecule has 1 saturated heterocycles. The highest BCUT2D eigenvalue weighted by Gasteiger charge is 2.39. The smallest absolute Gasteiger partial charge is 0.325 e. The van der Waals surface area contributed by atoms with Crippen molar-refractivity contribution in [3.8, 4) is 0 Å². The Balaban J connectivity index is 2.01. The van der Waals surface area contributed by atoms with E-state index in [1.54, 1.807) is 25.1 Å². The van der Waals surface area contributed by atoms with Crippen LogP contribution < -0.4 is 10.6 Å². The van der Waals surface area contributed by atoms with E-state index in [-0.39, 0.29) is 18.4 Å². The Bertz CT molecular complexity index is 645. The van der Waals surface area contributed by atoms with E-state index >= 15 is 0 Å². The number of anilines is 1. The summed E-state index contributed by atoms with van der Waals surface area (Å²) in [7, 11) is 0. The Labute approximate surface area is 140 Å². The molecule has 0 saturated carbocycles. The lowest BCUT2D eigenvalue weighted by molar-refractivity contribution is -0.131. The molecule has 23 heavy (non-hydrogen) atoms. The van der Waals surface area contributed by atoms with Gasteiger partial charge in [-0.25, -0.2) is 4.79 Å². The first-order valence-electron chi connectivity index (χ1n) is 7.46. The van der Waals surface area contributed by atoms with E-state index in [1.807, 2.05) is 13.8 Å². The number of halogens is 1. The van der Waals surface area contributed by atoms with E-state index < -0.39 is 18.0 Å². The van der Waals surface area contributed by atoms with Gasteiger partial charge in [0.2, 0.25) is 5.91 Å². The van der Waals surface area contributed by atoms with Crippen LogP contribution in [0.15, 0.2) is 18.2 Å². The maximum atomic E-state index is 12.2. The van der Waals surface area contributed by atoms with Crippen molar-refractivity contribution in [2.75, 3.05) is 11.9 Å². The Morgan fingerprint density at radius 2 is 2.09 bits per heavy atom. The quantitative estimate of drug-likeness (QED) is 0.810. The molecule has 7 heteroatoms. The molecule has 0 spiro atoms. The van der Waals surface area contributed by atoms with Crippen LogP contribution in [-0.2, 0) is 9.59 Å². The number of carbonyl (C=O) groups is 3. The van der Waals surface area contributed by atoms with Crippen LogP contribution in [0.2, 0.25) is 5.02 Å². The molecule has 1 aliphatic rings. The normalized spacial score (nSPS) is 17.6. The minimum atomic E-state index is -0.553. The van der Waals surface area contributed by atoms with Gasteiger partial charge >= 0.3 is 6.03 Å². The third-order valence-corrected chi connectivity index (χ3v) is 4.07. The van der Waals surface area contributed by atoms with Crippen molar-refractivity contribution in [2.45, 2.75) is 33.2 Å². The number of hydrogen-bond acceptors (Lipinski definition) is 3. The number of carbonyl (C=O) groups excluding carboxylic acids is 3. The summed E-state index contributed by atoms with van der Waals surface area (Å²) in [6, 6.07) is 4.08. The molecule has 124 valence electrons. The summed E-state index contributed by atoms with van der Waals surface area (Å²) in [5.41, 5.74) is 1.30. The van der Waals surface area contributed by atoms with Crippen molar-refractivity contribution < 1.29 is 14.4 Å². The van der Waals surface area contributed by atoms with E-state index in [9.17, 15) is 14.4 Å². The van der Waals surface area contributed by atoms with Crippen LogP contribution in [0.1, 0.15) is 25.8 Å². The maximum absolute atomic E-state index is 12.2. The predicted octanol–water partition coefficient (Wildman–Crippen LogP) is 2.55. The summed E-state index contributed by atoms with van der Waals surface area (Å²) in [5, 5.41) is 5.83. The van der Waals surface area contributed by atoms with Gasteiger partial charge in [0.1, 0.15) is 12.6 Å². The standard InChI is InChI=1S/C16H20ClN3O3/c1-9(2)7-13-15(22)20(16(23)19-13)8-14(21)18-12-6-4-5-11(17)10(12)3/h4-6,9,13H,7-8H2,1-3H3,(H,18,21)(H,19,23)/t13-/m0/s1. The van der Waals surface area contributed by atoms with E-state index in [1.165, 1.54) is 0 Å². The molecule has 2 rings (SSSR count). The second kappa shape index (κ2) is 7.00. The molecule has 0 radical (unpaired) electrons. The number of nitrogens with one attached hydrogen (secondary N) is 2. The molecular weight excluding hydrogens is 318 g/mol. The molecule has 0 aliphatic carbocycles. The van der Waals surface area contributed by atoms with Crippen LogP contribution >= 0.6 is 11.6 Å². The Morgan fingerprint density at radius 3 is 2.74 bits per heavy atom. The largest absolute Gasteiger partial charge is 0.326 e. The molecule has 1 heterocycles. The number of hydrogen-bond donors (Lipinski definition) is 2. The number of amides is 4. The third-order valence-electron chi connectivity index (χ3n) is 3.66. The van der Waals surface area contributed by atoms with Gasteiger partial charge in [0.05, 0.1) is 0 Å². The van der Waals surface area contributed by atoms with Gasteiger partial charge in [-0.3, -0.25) is 14.5 Å². The SMILES string of the molecule is Cc1c(Cl)cccc1NC(=O)CN1C(=O)N[C@@H](CC(C)C)C1=O. The molecule has 1 atom stereocenters. The van der Waals surface area contributed by atoms with Crippen LogP contribution in [0, 0.1) is 12.8 Å². The average Bonchev–Trinajstić information content (AvgIpc) is 2.71. The van der Waals surface area contributed by atoms with Gasteiger partial charge < -0.3 is 10.6 Å². The maximum Gasteiger partial charge on any atom is 0.325 e. The van der Waals surface area contributed by atoms with E-state index in [0.29, 0.717) is 17.1 Å². The fraction of sp³-hybridized carbons (Fsp3) is 0.438. The summed E-state index contributed by atoms with van der Waals surface area (Å²) in [5.74, 6) is -0.530. The molecule has 1 aromatic rings. The summed E-state index contributed by atoms with van der Waals surface area (Å²) in [6.45, 7) is 5.41. The van der Waals surface area contributed by atoms with Crippen molar-refractivity contribution >= 4 is 35.1 Å². The second-order valence-corrected chi connectivity index (χ2v) is 6.42. The fourth-order valence-corrected chi connectivity index (χ4v) is 2.61. The van der Waals surface area contributed by atoms with Gasteiger partial charge in [-0.1, -0.05) is 31.5 Å². The van der Waals surface area contributed by atoms with Gasteiger partial charge in [0.25, 0.3) is 5.91 Å². The molecule has 1 aliphatic heterocycles. The lowest BCUT2D eigenvalue weighted by Crippen LogP contribution is -2.38. The fourth-order valence-electron chi connectivity index (χ4n) is 2.43. The van der Waals surface area contributed by atoms with Gasteiger partial charge in [-0.05, 0) is 37.0 Å². The molecule has 0 bridgehead atoms. The number of urea groups is 1. The molecule has 1 fully saturated rings.